The molecule has 0 unspecified atom stereocenters. The van der Waals surface area contributed by atoms with Crippen molar-refractivity contribution in [3.05, 3.63) is 41.9 Å². The van der Waals surface area contributed by atoms with Crippen LogP contribution < -0.4 is 5.32 Å². The molecule has 0 saturated carbocycles. The van der Waals surface area contributed by atoms with Crippen molar-refractivity contribution in [2.24, 2.45) is 5.92 Å². The van der Waals surface area contributed by atoms with Crippen LogP contribution in [-0.2, 0) is 11.2 Å². The number of carbonyl (C=O) groups is 1. The highest BCUT2D eigenvalue weighted by atomic mass is 32.2. The summed E-state index contributed by atoms with van der Waals surface area (Å²) in [5.74, 6) is 1.21. The molecule has 0 bridgehead atoms. The van der Waals surface area contributed by atoms with E-state index in [9.17, 15) is 4.79 Å². The predicted octanol–water partition coefficient (Wildman–Crippen LogP) is 3.74. The molecule has 1 aromatic carbocycles. The quantitative estimate of drug-likeness (QED) is 0.706. The number of hydrogen-bond acceptors (Lipinski definition) is 5. The second-order valence-corrected chi connectivity index (χ2v) is 7.11. The van der Waals surface area contributed by atoms with Crippen LogP contribution in [0.1, 0.15) is 32.3 Å². The van der Waals surface area contributed by atoms with E-state index in [-0.39, 0.29) is 11.8 Å². The largest absolute Gasteiger partial charge is 0.325 e. The molecule has 25 heavy (non-hydrogen) atoms. The Balaban J connectivity index is 2.00. The lowest BCUT2D eigenvalue weighted by Gasteiger charge is -2.13. The first-order valence-electron chi connectivity index (χ1n) is 8.29. The minimum absolute atomic E-state index is 0.00114. The molecule has 0 saturated heterocycles. The molecule has 6 nitrogen and oxygen atoms in total. The summed E-state index contributed by atoms with van der Waals surface area (Å²) in [6.45, 7) is 7.67. The molecule has 2 aromatic heterocycles. The Labute approximate surface area is 151 Å². The number of carbonyl (C=O) groups excluding carboxylic acids is 1. The SMILES string of the molecule is CCc1cc(Sc2ccccc2NC(=O)C(C)C)n2nc(C)nc2n1. The highest BCUT2D eigenvalue weighted by molar-refractivity contribution is 7.99. The Morgan fingerprint density at radius 1 is 1.28 bits per heavy atom. The Kier molecular flexibility index (Phi) is 5.03. The summed E-state index contributed by atoms with van der Waals surface area (Å²) in [5, 5.41) is 8.35. The molecule has 0 aliphatic rings. The van der Waals surface area contributed by atoms with Crippen molar-refractivity contribution in [2.45, 2.75) is 44.0 Å². The summed E-state index contributed by atoms with van der Waals surface area (Å²) in [7, 11) is 0. The van der Waals surface area contributed by atoms with Gasteiger partial charge in [-0.15, -0.1) is 5.10 Å². The van der Waals surface area contributed by atoms with E-state index in [1.807, 2.05) is 51.1 Å². The van der Waals surface area contributed by atoms with Gasteiger partial charge in [-0.05, 0) is 31.5 Å². The lowest BCUT2D eigenvalue weighted by Crippen LogP contribution is -2.18. The zero-order chi connectivity index (χ0) is 18.0. The average molecular weight is 355 g/mol. The van der Waals surface area contributed by atoms with E-state index in [0.29, 0.717) is 11.6 Å². The van der Waals surface area contributed by atoms with E-state index in [4.69, 9.17) is 0 Å². The topological polar surface area (TPSA) is 72.2 Å². The summed E-state index contributed by atoms with van der Waals surface area (Å²) < 4.78 is 1.75. The van der Waals surface area contributed by atoms with Crippen LogP contribution in [-0.4, -0.2) is 25.5 Å². The number of rotatable bonds is 5. The molecule has 1 amide bonds. The minimum atomic E-state index is -0.0738. The number of hydrogen-bond donors (Lipinski definition) is 1. The zero-order valence-electron chi connectivity index (χ0n) is 14.8. The van der Waals surface area contributed by atoms with E-state index in [1.54, 1.807) is 16.3 Å². The van der Waals surface area contributed by atoms with Crippen LogP contribution in [0.3, 0.4) is 0 Å². The van der Waals surface area contributed by atoms with E-state index >= 15 is 0 Å². The lowest BCUT2D eigenvalue weighted by atomic mass is 10.2. The number of fused-ring (bicyclic) bond motifs is 1. The molecule has 0 aliphatic heterocycles. The number of nitrogens with one attached hydrogen (secondary N) is 1. The summed E-state index contributed by atoms with van der Waals surface area (Å²) in [6, 6.07) is 9.79. The summed E-state index contributed by atoms with van der Waals surface area (Å²) in [5.41, 5.74) is 1.76. The Morgan fingerprint density at radius 2 is 2.04 bits per heavy atom. The van der Waals surface area contributed by atoms with Gasteiger partial charge < -0.3 is 5.32 Å². The van der Waals surface area contributed by atoms with Gasteiger partial charge in [0.05, 0.1) is 5.69 Å². The molecular formula is C18H21N5OS. The molecule has 7 heteroatoms. The summed E-state index contributed by atoms with van der Waals surface area (Å²) in [4.78, 5) is 21.9. The number of anilines is 1. The van der Waals surface area contributed by atoms with Crippen molar-refractivity contribution in [3.8, 4) is 0 Å². The van der Waals surface area contributed by atoms with Gasteiger partial charge in [0.1, 0.15) is 10.9 Å². The highest BCUT2D eigenvalue weighted by Crippen LogP contribution is 2.34. The van der Waals surface area contributed by atoms with Gasteiger partial charge in [0.2, 0.25) is 5.91 Å². The predicted molar refractivity (Wildman–Crippen MR) is 98.9 cm³/mol. The van der Waals surface area contributed by atoms with Crippen LogP contribution in [0.25, 0.3) is 5.78 Å². The molecule has 0 radical (unpaired) electrons. The Hall–Kier alpha value is -2.41. The monoisotopic (exact) mass is 355 g/mol. The van der Waals surface area contributed by atoms with Crippen LogP contribution in [0.5, 0.6) is 0 Å². The highest BCUT2D eigenvalue weighted by Gasteiger charge is 2.14. The van der Waals surface area contributed by atoms with Crippen molar-refractivity contribution in [3.63, 3.8) is 0 Å². The van der Waals surface area contributed by atoms with Gasteiger partial charge in [-0.2, -0.15) is 9.50 Å². The molecule has 0 spiro atoms. The number of benzene rings is 1. The van der Waals surface area contributed by atoms with Gasteiger partial charge in [0.15, 0.2) is 0 Å². The fraction of sp³-hybridized carbons (Fsp3) is 0.333. The smallest absolute Gasteiger partial charge is 0.253 e. The number of para-hydroxylation sites is 1. The molecular weight excluding hydrogens is 334 g/mol. The van der Waals surface area contributed by atoms with Crippen LogP contribution in [0, 0.1) is 12.8 Å². The molecule has 1 N–H and O–H groups in total. The fourth-order valence-corrected chi connectivity index (χ4v) is 3.30. The number of aryl methyl sites for hydroxylation is 2. The zero-order valence-corrected chi connectivity index (χ0v) is 15.6. The van der Waals surface area contributed by atoms with E-state index in [1.165, 1.54) is 0 Å². The molecule has 0 fully saturated rings. The maximum atomic E-state index is 12.1. The Morgan fingerprint density at radius 3 is 2.76 bits per heavy atom. The number of aromatic nitrogens is 4. The number of amides is 1. The van der Waals surface area contributed by atoms with E-state index in [2.05, 4.69) is 27.3 Å². The van der Waals surface area contributed by atoms with Crippen molar-refractivity contribution in [2.75, 3.05) is 5.32 Å². The molecule has 130 valence electrons. The second kappa shape index (κ2) is 7.23. The van der Waals surface area contributed by atoms with Crippen LogP contribution in [0.2, 0.25) is 0 Å². The third kappa shape index (κ3) is 3.82. The molecule has 3 aromatic rings. The van der Waals surface area contributed by atoms with Gasteiger partial charge in [-0.25, -0.2) is 4.98 Å². The van der Waals surface area contributed by atoms with Gasteiger partial charge in [0.25, 0.3) is 5.78 Å². The molecule has 0 aliphatic carbocycles. The summed E-state index contributed by atoms with van der Waals surface area (Å²) in [6.07, 6.45) is 0.821. The Bertz CT molecular complexity index is 919. The number of nitrogens with zero attached hydrogens (tertiary/aromatic N) is 4. The van der Waals surface area contributed by atoms with Crippen molar-refractivity contribution in [1.29, 1.82) is 0 Å². The maximum absolute atomic E-state index is 12.1. The van der Waals surface area contributed by atoms with Crippen LogP contribution in [0.4, 0.5) is 5.69 Å². The van der Waals surface area contributed by atoms with Gasteiger partial charge in [0, 0.05) is 16.5 Å². The van der Waals surface area contributed by atoms with Gasteiger partial charge in [-0.1, -0.05) is 44.7 Å². The maximum Gasteiger partial charge on any atom is 0.253 e. The lowest BCUT2D eigenvalue weighted by molar-refractivity contribution is -0.118. The molecule has 3 rings (SSSR count). The van der Waals surface area contributed by atoms with Crippen molar-refractivity contribution in [1.82, 2.24) is 19.6 Å². The second-order valence-electron chi connectivity index (χ2n) is 6.05. The standard InChI is InChI=1S/C18H21N5OS/c1-5-13-10-16(23-18(20-13)19-12(4)22-23)25-15-9-7-6-8-14(15)21-17(24)11(2)3/h6-11H,5H2,1-4H3,(H,21,24). The first-order chi connectivity index (χ1) is 12.0. The van der Waals surface area contributed by atoms with Gasteiger partial charge in [-0.3, -0.25) is 4.79 Å². The van der Waals surface area contributed by atoms with Crippen molar-refractivity contribution >= 4 is 29.1 Å². The van der Waals surface area contributed by atoms with E-state index < -0.39 is 0 Å². The molecule has 2 heterocycles. The average Bonchev–Trinajstić information content (AvgIpc) is 2.96. The third-order valence-corrected chi connectivity index (χ3v) is 4.76. The summed E-state index contributed by atoms with van der Waals surface area (Å²) >= 11 is 1.55. The van der Waals surface area contributed by atoms with Crippen LogP contribution >= 0.6 is 11.8 Å². The molecule has 0 atom stereocenters. The minimum Gasteiger partial charge on any atom is -0.325 e. The third-order valence-electron chi connectivity index (χ3n) is 3.68. The van der Waals surface area contributed by atoms with Crippen LogP contribution in [0.15, 0.2) is 40.3 Å². The first-order valence-corrected chi connectivity index (χ1v) is 9.10. The normalized spacial score (nSPS) is 11.2. The van der Waals surface area contributed by atoms with Crippen molar-refractivity contribution < 1.29 is 4.79 Å². The van der Waals surface area contributed by atoms with E-state index in [0.717, 1.165) is 27.7 Å². The first kappa shape index (κ1) is 17.4. The van der Waals surface area contributed by atoms with Gasteiger partial charge >= 0.3 is 0 Å². The fourth-order valence-electron chi connectivity index (χ4n) is 2.29.